The Morgan fingerprint density at radius 3 is 2.80 bits per heavy atom. The van der Waals surface area contributed by atoms with E-state index in [1.54, 1.807) is 13.3 Å². The number of methoxy groups -OCH3 is 1. The van der Waals surface area contributed by atoms with Crippen LogP contribution in [0.15, 0.2) is 30.5 Å². The first-order valence-electron chi connectivity index (χ1n) is 6.91. The molecule has 1 atom stereocenters. The van der Waals surface area contributed by atoms with Gasteiger partial charge in [-0.3, -0.25) is 9.48 Å². The van der Waals surface area contributed by atoms with Crippen molar-refractivity contribution in [3.63, 3.8) is 0 Å². The van der Waals surface area contributed by atoms with Crippen LogP contribution in [0.1, 0.15) is 35.0 Å². The Kier molecular flexibility index (Phi) is 3.30. The summed E-state index contributed by atoms with van der Waals surface area (Å²) in [6.45, 7) is 2.69. The lowest BCUT2D eigenvalue weighted by atomic mass is 9.88. The number of carbonyl (C=O) groups excluding carboxylic acids is 1. The standard InChI is InChI=1S/C16H18N2O2/c1-11-3-8-15-14(16(11)19)9-17-18(15)10-12-4-6-13(20-2)7-5-12/h4-7,9,11H,3,8,10H2,1-2H3. The maximum Gasteiger partial charge on any atom is 0.169 e. The van der Waals surface area contributed by atoms with Gasteiger partial charge in [-0.15, -0.1) is 0 Å². The summed E-state index contributed by atoms with van der Waals surface area (Å²) in [5.41, 5.74) is 3.03. The molecule has 0 saturated heterocycles. The largest absolute Gasteiger partial charge is 0.497 e. The molecule has 1 aliphatic carbocycles. The molecule has 2 aromatic rings. The van der Waals surface area contributed by atoms with Crippen molar-refractivity contribution in [3.8, 4) is 5.75 Å². The van der Waals surface area contributed by atoms with E-state index in [2.05, 4.69) is 5.10 Å². The van der Waals surface area contributed by atoms with Crippen LogP contribution in [-0.2, 0) is 13.0 Å². The zero-order valence-corrected chi connectivity index (χ0v) is 11.8. The molecule has 1 heterocycles. The molecule has 0 spiro atoms. The van der Waals surface area contributed by atoms with Crippen LogP contribution in [0.4, 0.5) is 0 Å². The molecule has 0 aliphatic heterocycles. The second-order valence-corrected chi connectivity index (χ2v) is 5.31. The fourth-order valence-corrected chi connectivity index (χ4v) is 2.67. The molecule has 1 aliphatic rings. The summed E-state index contributed by atoms with van der Waals surface area (Å²) >= 11 is 0. The van der Waals surface area contributed by atoms with Gasteiger partial charge < -0.3 is 4.74 Å². The van der Waals surface area contributed by atoms with Crippen LogP contribution in [0.3, 0.4) is 0 Å². The molecule has 1 aromatic carbocycles. The molecular weight excluding hydrogens is 252 g/mol. The van der Waals surface area contributed by atoms with Crippen LogP contribution in [0.25, 0.3) is 0 Å². The van der Waals surface area contributed by atoms with E-state index in [9.17, 15) is 4.79 Å². The third-order valence-corrected chi connectivity index (χ3v) is 3.97. The summed E-state index contributed by atoms with van der Waals surface area (Å²) in [6, 6.07) is 7.94. The predicted molar refractivity (Wildman–Crippen MR) is 76.1 cm³/mol. The number of benzene rings is 1. The van der Waals surface area contributed by atoms with Crippen molar-refractivity contribution in [1.29, 1.82) is 0 Å². The lowest BCUT2D eigenvalue weighted by molar-refractivity contribution is 0.0912. The molecule has 1 unspecified atom stereocenters. The van der Waals surface area contributed by atoms with Gasteiger partial charge in [0.1, 0.15) is 5.75 Å². The molecular formula is C16H18N2O2. The Labute approximate surface area is 118 Å². The van der Waals surface area contributed by atoms with Crippen LogP contribution in [-0.4, -0.2) is 22.7 Å². The van der Waals surface area contributed by atoms with Gasteiger partial charge in [0.15, 0.2) is 5.78 Å². The van der Waals surface area contributed by atoms with Gasteiger partial charge in [0, 0.05) is 11.6 Å². The summed E-state index contributed by atoms with van der Waals surface area (Å²) in [4.78, 5) is 12.1. The van der Waals surface area contributed by atoms with Crippen LogP contribution in [0, 0.1) is 5.92 Å². The number of Topliss-reactive ketones (excluding diaryl/α,β-unsaturated/α-hetero) is 1. The number of nitrogens with zero attached hydrogens (tertiary/aromatic N) is 2. The van der Waals surface area contributed by atoms with Gasteiger partial charge in [-0.2, -0.15) is 5.10 Å². The number of hydrogen-bond acceptors (Lipinski definition) is 3. The molecule has 4 heteroatoms. The molecule has 4 nitrogen and oxygen atoms in total. The first-order valence-corrected chi connectivity index (χ1v) is 6.91. The number of fused-ring (bicyclic) bond motifs is 1. The summed E-state index contributed by atoms with van der Waals surface area (Å²) in [7, 11) is 1.66. The summed E-state index contributed by atoms with van der Waals surface area (Å²) < 4.78 is 7.10. The number of ketones is 1. The van der Waals surface area contributed by atoms with Crippen molar-refractivity contribution in [3.05, 3.63) is 47.3 Å². The first-order chi connectivity index (χ1) is 9.69. The Hall–Kier alpha value is -2.10. The van der Waals surface area contributed by atoms with Crippen LogP contribution in [0.5, 0.6) is 5.75 Å². The van der Waals surface area contributed by atoms with E-state index in [4.69, 9.17) is 4.74 Å². The molecule has 0 saturated carbocycles. The van der Waals surface area contributed by atoms with E-state index in [0.717, 1.165) is 35.4 Å². The molecule has 0 fully saturated rings. The average molecular weight is 270 g/mol. The molecule has 0 radical (unpaired) electrons. The minimum absolute atomic E-state index is 0.126. The van der Waals surface area contributed by atoms with E-state index in [0.29, 0.717) is 6.54 Å². The Balaban J connectivity index is 1.85. The topological polar surface area (TPSA) is 44.1 Å². The minimum Gasteiger partial charge on any atom is -0.497 e. The number of carbonyl (C=O) groups is 1. The van der Waals surface area contributed by atoms with E-state index in [1.807, 2.05) is 35.9 Å². The van der Waals surface area contributed by atoms with E-state index < -0.39 is 0 Å². The van der Waals surface area contributed by atoms with Crippen molar-refractivity contribution >= 4 is 5.78 Å². The summed E-state index contributed by atoms with van der Waals surface area (Å²) in [6.07, 6.45) is 3.56. The second kappa shape index (κ2) is 5.12. The van der Waals surface area contributed by atoms with Gasteiger partial charge in [0.2, 0.25) is 0 Å². The van der Waals surface area contributed by atoms with Crippen LogP contribution < -0.4 is 4.74 Å². The maximum absolute atomic E-state index is 12.1. The van der Waals surface area contributed by atoms with Gasteiger partial charge in [-0.1, -0.05) is 19.1 Å². The molecule has 20 heavy (non-hydrogen) atoms. The number of aromatic nitrogens is 2. The highest BCUT2D eigenvalue weighted by molar-refractivity contribution is 5.99. The number of rotatable bonds is 3. The van der Waals surface area contributed by atoms with Gasteiger partial charge >= 0.3 is 0 Å². The minimum atomic E-state index is 0.126. The number of hydrogen-bond donors (Lipinski definition) is 0. The van der Waals surface area contributed by atoms with Gasteiger partial charge in [-0.05, 0) is 30.5 Å². The monoisotopic (exact) mass is 270 g/mol. The zero-order chi connectivity index (χ0) is 14.1. The third kappa shape index (κ3) is 2.22. The van der Waals surface area contributed by atoms with Crippen LogP contribution >= 0.6 is 0 Å². The molecule has 104 valence electrons. The smallest absolute Gasteiger partial charge is 0.169 e. The van der Waals surface area contributed by atoms with Crippen LogP contribution in [0.2, 0.25) is 0 Å². The fraction of sp³-hybridized carbons (Fsp3) is 0.375. The lowest BCUT2D eigenvalue weighted by Crippen LogP contribution is -2.21. The summed E-state index contributed by atoms with van der Waals surface area (Å²) in [5, 5.41) is 4.39. The fourth-order valence-electron chi connectivity index (χ4n) is 2.67. The lowest BCUT2D eigenvalue weighted by Gasteiger charge is -2.18. The highest BCUT2D eigenvalue weighted by atomic mass is 16.5. The van der Waals surface area contributed by atoms with Gasteiger partial charge in [0.05, 0.1) is 25.4 Å². The SMILES string of the molecule is COc1ccc(Cn2ncc3c2CCC(C)C3=O)cc1. The highest BCUT2D eigenvalue weighted by Crippen LogP contribution is 2.25. The second-order valence-electron chi connectivity index (χ2n) is 5.31. The molecule has 0 N–H and O–H groups in total. The maximum atomic E-state index is 12.1. The van der Waals surface area contributed by atoms with Gasteiger partial charge in [-0.25, -0.2) is 0 Å². The van der Waals surface area contributed by atoms with Crippen molar-refractivity contribution in [1.82, 2.24) is 9.78 Å². The number of ether oxygens (including phenoxy) is 1. The van der Waals surface area contributed by atoms with Crippen molar-refractivity contribution in [2.45, 2.75) is 26.3 Å². The highest BCUT2D eigenvalue weighted by Gasteiger charge is 2.27. The Morgan fingerprint density at radius 2 is 2.10 bits per heavy atom. The molecule has 3 rings (SSSR count). The molecule has 1 aromatic heterocycles. The van der Waals surface area contributed by atoms with E-state index in [-0.39, 0.29) is 11.7 Å². The van der Waals surface area contributed by atoms with E-state index >= 15 is 0 Å². The van der Waals surface area contributed by atoms with Crippen molar-refractivity contribution in [2.75, 3.05) is 7.11 Å². The first kappa shape index (κ1) is 12.9. The summed E-state index contributed by atoms with van der Waals surface area (Å²) in [5.74, 6) is 1.20. The zero-order valence-electron chi connectivity index (χ0n) is 11.8. The Bertz CT molecular complexity index is 628. The van der Waals surface area contributed by atoms with Crippen molar-refractivity contribution in [2.24, 2.45) is 5.92 Å². The third-order valence-electron chi connectivity index (χ3n) is 3.97. The van der Waals surface area contributed by atoms with E-state index in [1.165, 1.54) is 0 Å². The predicted octanol–water partition coefficient (Wildman–Crippen LogP) is 2.71. The van der Waals surface area contributed by atoms with Gasteiger partial charge in [0.25, 0.3) is 0 Å². The molecule has 0 bridgehead atoms. The Morgan fingerprint density at radius 1 is 1.35 bits per heavy atom. The quantitative estimate of drug-likeness (QED) is 0.861. The average Bonchev–Trinajstić information content (AvgIpc) is 2.87. The normalized spacial score (nSPS) is 17.9. The molecule has 0 amide bonds. The van der Waals surface area contributed by atoms with Crippen molar-refractivity contribution < 1.29 is 9.53 Å².